The molecule has 1 aliphatic carbocycles. The summed E-state index contributed by atoms with van der Waals surface area (Å²) in [6.45, 7) is 2.18. The highest BCUT2D eigenvalue weighted by Crippen LogP contribution is 2.34. The van der Waals surface area contributed by atoms with Gasteiger partial charge in [0, 0.05) is 12.1 Å². The van der Waals surface area contributed by atoms with Gasteiger partial charge in [-0.25, -0.2) is 5.01 Å². The van der Waals surface area contributed by atoms with Gasteiger partial charge in [-0.15, -0.1) is 0 Å². The van der Waals surface area contributed by atoms with Crippen molar-refractivity contribution in [1.29, 1.82) is 0 Å². The summed E-state index contributed by atoms with van der Waals surface area (Å²) in [5.41, 5.74) is 3.49. The van der Waals surface area contributed by atoms with Crippen molar-refractivity contribution in [1.82, 2.24) is 15.8 Å². The smallest absolute Gasteiger partial charge is 0.226 e. The van der Waals surface area contributed by atoms with Crippen molar-refractivity contribution in [3.63, 3.8) is 0 Å². The second-order valence-electron chi connectivity index (χ2n) is 5.16. The molecule has 2 saturated heterocycles. The summed E-state index contributed by atoms with van der Waals surface area (Å²) in [6.07, 6.45) is 6.00. The van der Waals surface area contributed by atoms with E-state index < -0.39 is 0 Å². The molecule has 4 nitrogen and oxygen atoms in total. The lowest BCUT2D eigenvalue weighted by molar-refractivity contribution is -0.138. The van der Waals surface area contributed by atoms with Gasteiger partial charge in [0.2, 0.25) is 5.91 Å². The van der Waals surface area contributed by atoms with Crippen LogP contribution in [0.15, 0.2) is 0 Å². The highest BCUT2D eigenvalue weighted by molar-refractivity contribution is 5.80. The molecule has 84 valence electrons. The van der Waals surface area contributed by atoms with Gasteiger partial charge in [0.25, 0.3) is 0 Å². The Balaban J connectivity index is 1.83. The number of nitrogens with one attached hydrogen (secondary N) is 2. The van der Waals surface area contributed by atoms with Crippen LogP contribution < -0.4 is 10.7 Å². The molecule has 2 heterocycles. The van der Waals surface area contributed by atoms with Crippen molar-refractivity contribution in [2.45, 2.75) is 57.3 Å². The Morgan fingerprint density at radius 2 is 2.13 bits per heavy atom. The maximum atomic E-state index is 11.9. The zero-order chi connectivity index (χ0) is 10.4. The first-order valence-electron chi connectivity index (χ1n) is 6.10. The lowest BCUT2D eigenvalue weighted by Gasteiger charge is -2.44. The molecule has 0 radical (unpaired) electrons. The lowest BCUT2D eigenvalue weighted by atomic mass is 9.82. The van der Waals surface area contributed by atoms with Gasteiger partial charge in [-0.1, -0.05) is 12.8 Å². The number of rotatable bonds is 0. The third-order valence-electron chi connectivity index (χ3n) is 4.01. The third kappa shape index (κ3) is 1.47. The molecule has 4 heteroatoms. The minimum atomic E-state index is 0.229. The van der Waals surface area contributed by atoms with Crippen molar-refractivity contribution < 1.29 is 4.79 Å². The molecule has 2 aliphatic heterocycles. The van der Waals surface area contributed by atoms with Crippen LogP contribution in [0.1, 0.15) is 39.0 Å². The molecule has 2 N–H and O–H groups in total. The van der Waals surface area contributed by atoms with Crippen LogP contribution in [0.5, 0.6) is 0 Å². The average Bonchev–Trinajstić information content (AvgIpc) is 2.59. The summed E-state index contributed by atoms with van der Waals surface area (Å²) in [4.78, 5) is 11.9. The number of nitrogens with zero attached hydrogens (tertiary/aromatic N) is 1. The van der Waals surface area contributed by atoms with Gasteiger partial charge >= 0.3 is 0 Å². The number of hydrogen-bond donors (Lipinski definition) is 2. The Morgan fingerprint density at radius 3 is 3.00 bits per heavy atom. The van der Waals surface area contributed by atoms with Crippen LogP contribution in [0.25, 0.3) is 0 Å². The zero-order valence-electron chi connectivity index (χ0n) is 9.20. The minimum Gasteiger partial charge on any atom is -0.339 e. The molecule has 0 spiro atoms. The first kappa shape index (κ1) is 9.60. The molecule has 0 aromatic carbocycles. The van der Waals surface area contributed by atoms with E-state index in [9.17, 15) is 4.79 Å². The van der Waals surface area contributed by atoms with Crippen molar-refractivity contribution in [2.24, 2.45) is 5.92 Å². The Bertz CT molecular complexity index is 281. The monoisotopic (exact) mass is 209 g/mol. The van der Waals surface area contributed by atoms with Gasteiger partial charge in [-0.3, -0.25) is 10.2 Å². The predicted molar refractivity (Wildman–Crippen MR) is 56.7 cm³/mol. The van der Waals surface area contributed by atoms with Crippen LogP contribution in [0.2, 0.25) is 0 Å². The Morgan fingerprint density at radius 1 is 1.33 bits per heavy atom. The van der Waals surface area contributed by atoms with Crippen molar-refractivity contribution in [3.05, 3.63) is 0 Å². The summed E-state index contributed by atoms with van der Waals surface area (Å²) < 4.78 is 0. The van der Waals surface area contributed by atoms with E-state index in [4.69, 9.17) is 0 Å². The van der Waals surface area contributed by atoms with Crippen LogP contribution in [-0.4, -0.2) is 29.2 Å². The number of amides is 1. The summed E-state index contributed by atoms with van der Waals surface area (Å²) >= 11 is 0. The highest BCUT2D eigenvalue weighted by atomic mass is 16.2. The number of carbonyl (C=O) groups excluding carboxylic acids is 1. The molecular formula is C11H19N3O. The molecule has 0 aromatic rings. The minimum absolute atomic E-state index is 0.229. The van der Waals surface area contributed by atoms with Crippen LogP contribution in [0, 0.1) is 5.92 Å². The fraction of sp³-hybridized carbons (Fsp3) is 0.909. The summed E-state index contributed by atoms with van der Waals surface area (Å²) in [5.74, 6) is 0.518. The molecule has 3 rings (SSSR count). The van der Waals surface area contributed by atoms with Gasteiger partial charge in [-0.05, 0) is 26.2 Å². The normalized spacial score (nSPS) is 45.8. The fourth-order valence-corrected chi connectivity index (χ4v) is 3.32. The second-order valence-corrected chi connectivity index (χ2v) is 5.16. The van der Waals surface area contributed by atoms with Gasteiger partial charge in [0.05, 0.1) is 12.1 Å². The average molecular weight is 209 g/mol. The van der Waals surface area contributed by atoms with Gasteiger partial charge in [0.1, 0.15) is 0 Å². The van der Waals surface area contributed by atoms with E-state index in [0.29, 0.717) is 12.1 Å². The van der Waals surface area contributed by atoms with Crippen LogP contribution in [-0.2, 0) is 4.79 Å². The van der Waals surface area contributed by atoms with Crippen molar-refractivity contribution >= 4 is 5.91 Å². The molecule has 4 atom stereocenters. The van der Waals surface area contributed by atoms with Crippen LogP contribution in [0.3, 0.4) is 0 Å². The third-order valence-corrected chi connectivity index (χ3v) is 4.01. The SMILES string of the molecule is CC1CC2NC(=O)C3CCCCC3N2N1. The number of hydrazine groups is 1. The molecule has 0 aromatic heterocycles. The molecule has 3 aliphatic rings. The van der Waals surface area contributed by atoms with E-state index in [1.54, 1.807) is 0 Å². The van der Waals surface area contributed by atoms with Crippen molar-refractivity contribution in [2.75, 3.05) is 0 Å². The summed E-state index contributed by atoms with van der Waals surface area (Å²) in [7, 11) is 0. The molecular weight excluding hydrogens is 190 g/mol. The topological polar surface area (TPSA) is 44.4 Å². The maximum absolute atomic E-state index is 11.9. The van der Waals surface area contributed by atoms with E-state index in [2.05, 4.69) is 22.7 Å². The van der Waals surface area contributed by atoms with E-state index in [-0.39, 0.29) is 18.0 Å². The van der Waals surface area contributed by atoms with Gasteiger partial charge in [-0.2, -0.15) is 0 Å². The zero-order valence-corrected chi connectivity index (χ0v) is 9.20. The standard InChI is InChI=1S/C11H19N3O/c1-7-6-10-12-11(15)8-4-2-3-5-9(8)14(10)13-7/h7-10,13H,2-6H2,1H3,(H,12,15). The number of hydrogen-bond acceptors (Lipinski definition) is 3. The summed E-state index contributed by atoms with van der Waals surface area (Å²) in [6, 6.07) is 0.943. The van der Waals surface area contributed by atoms with Crippen molar-refractivity contribution in [3.8, 4) is 0 Å². The first-order chi connectivity index (χ1) is 7.25. The van der Waals surface area contributed by atoms with E-state index >= 15 is 0 Å². The molecule has 4 unspecified atom stereocenters. The van der Waals surface area contributed by atoms with E-state index in [1.807, 2.05) is 0 Å². The first-order valence-corrected chi connectivity index (χ1v) is 6.10. The van der Waals surface area contributed by atoms with E-state index in [0.717, 1.165) is 12.8 Å². The van der Waals surface area contributed by atoms with Gasteiger partial charge < -0.3 is 5.32 Å². The van der Waals surface area contributed by atoms with Gasteiger partial charge in [0.15, 0.2) is 0 Å². The number of fused-ring (bicyclic) bond motifs is 3. The largest absolute Gasteiger partial charge is 0.339 e. The highest BCUT2D eigenvalue weighted by Gasteiger charge is 2.46. The van der Waals surface area contributed by atoms with Crippen LogP contribution >= 0.6 is 0 Å². The maximum Gasteiger partial charge on any atom is 0.226 e. The van der Waals surface area contributed by atoms with Crippen LogP contribution in [0.4, 0.5) is 0 Å². The molecule has 15 heavy (non-hydrogen) atoms. The Kier molecular flexibility index (Phi) is 2.21. The lowest BCUT2D eigenvalue weighted by Crippen LogP contribution is -2.64. The fourth-order valence-electron chi connectivity index (χ4n) is 3.32. The molecule has 1 saturated carbocycles. The molecule has 3 fully saturated rings. The molecule has 1 amide bonds. The predicted octanol–water partition coefficient (Wildman–Crippen LogP) is 0.600. The Hall–Kier alpha value is -0.610. The summed E-state index contributed by atoms with van der Waals surface area (Å²) in [5, 5.41) is 5.45. The quantitative estimate of drug-likeness (QED) is 0.614. The Labute approximate surface area is 90.4 Å². The van der Waals surface area contributed by atoms with E-state index in [1.165, 1.54) is 19.3 Å². The second kappa shape index (κ2) is 3.46. The number of carbonyl (C=O) groups is 1. The molecule has 0 bridgehead atoms.